The third-order valence-electron chi connectivity index (χ3n) is 3.04. The average Bonchev–Trinajstić information content (AvgIpc) is 2.74. The molecule has 0 unspecified atom stereocenters. The van der Waals surface area contributed by atoms with Gasteiger partial charge in [0.25, 0.3) is 0 Å². The first-order chi connectivity index (χ1) is 8.19. The SMILES string of the molecule is COC(=O)[C@H]1CCCN(Cc2cc(Br)cs2)C1. The van der Waals surface area contributed by atoms with Crippen LogP contribution in [0.2, 0.25) is 0 Å². The molecule has 0 N–H and O–H groups in total. The molecule has 0 radical (unpaired) electrons. The fraction of sp³-hybridized carbons (Fsp3) is 0.583. The average molecular weight is 318 g/mol. The molecule has 17 heavy (non-hydrogen) atoms. The summed E-state index contributed by atoms with van der Waals surface area (Å²) in [5.74, 6) is -0.0146. The van der Waals surface area contributed by atoms with Crippen molar-refractivity contribution < 1.29 is 9.53 Å². The van der Waals surface area contributed by atoms with Crippen molar-refractivity contribution in [2.75, 3.05) is 20.2 Å². The highest BCUT2D eigenvalue weighted by molar-refractivity contribution is 9.10. The zero-order valence-electron chi connectivity index (χ0n) is 9.82. The standard InChI is InChI=1S/C12H16BrNO2S/c1-16-12(15)9-3-2-4-14(6-9)7-11-5-10(13)8-17-11/h5,8-9H,2-4,6-7H2,1H3/t9-/m0/s1. The summed E-state index contributed by atoms with van der Waals surface area (Å²) in [5, 5.41) is 2.09. The van der Waals surface area contributed by atoms with Crippen LogP contribution >= 0.6 is 27.3 Å². The summed E-state index contributed by atoms with van der Waals surface area (Å²) in [4.78, 5) is 15.2. The van der Waals surface area contributed by atoms with E-state index in [-0.39, 0.29) is 11.9 Å². The number of hydrogen-bond acceptors (Lipinski definition) is 4. The summed E-state index contributed by atoms with van der Waals surface area (Å²) in [6.45, 7) is 2.83. The molecule has 1 aliphatic rings. The third-order valence-corrected chi connectivity index (χ3v) is 4.72. The van der Waals surface area contributed by atoms with E-state index >= 15 is 0 Å². The van der Waals surface area contributed by atoms with Gasteiger partial charge in [-0.05, 0) is 41.4 Å². The Morgan fingerprint density at radius 3 is 3.18 bits per heavy atom. The van der Waals surface area contributed by atoms with Crippen molar-refractivity contribution >= 4 is 33.2 Å². The molecule has 2 heterocycles. The van der Waals surface area contributed by atoms with Crippen molar-refractivity contribution in [3.8, 4) is 0 Å². The normalized spacial score (nSPS) is 21.4. The molecule has 1 fully saturated rings. The molecule has 1 aromatic heterocycles. The second kappa shape index (κ2) is 5.98. The summed E-state index contributed by atoms with van der Waals surface area (Å²) in [7, 11) is 1.47. The number of methoxy groups -OCH3 is 1. The zero-order chi connectivity index (χ0) is 12.3. The zero-order valence-corrected chi connectivity index (χ0v) is 12.2. The molecule has 0 saturated carbocycles. The summed E-state index contributed by atoms with van der Waals surface area (Å²) < 4.78 is 5.96. The number of rotatable bonds is 3. The van der Waals surface area contributed by atoms with Crippen LogP contribution in [0.5, 0.6) is 0 Å². The molecule has 0 bridgehead atoms. The van der Waals surface area contributed by atoms with E-state index in [9.17, 15) is 4.79 Å². The highest BCUT2D eigenvalue weighted by atomic mass is 79.9. The van der Waals surface area contributed by atoms with Crippen LogP contribution in [0, 0.1) is 5.92 Å². The lowest BCUT2D eigenvalue weighted by molar-refractivity contribution is -0.147. The molecule has 1 aromatic rings. The Labute approximate surface area is 114 Å². The number of hydrogen-bond donors (Lipinski definition) is 0. The molecule has 2 rings (SSSR count). The maximum Gasteiger partial charge on any atom is 0.309 e. The molecule has 1 aliphatic heterocycles. The highest BCUT2D eigenvalue weighted by Gasteiger charge is 2.26. The van der Waals surface area contributed by atoms with Gasteiger partial charge >= 0.3 is 5.97 Å². The predicted octanol–water partition coefficient (Wildman–Crippen LogP) is 2.90. The van der Waals surface area contributed by atoms with E-state index in [0.29, 0.717) is 0 Å². The molecule has 1 saturated heterocycles. The maximum atomic E-state index is 11.5. The van der Waals surface area contributed by atoms with E-state index in [0.717, 1.165) is 36.9 Å². The first kappa shape index (κ1) is 13.1. The van der Waals surface area contributed by atoms with Crippen LogP contribution in [0.3, 0.4) is 0 Å². The van der Waals surface area contributed by atoms with E-state index < -0.39 is 0 Å². The number of halogens is 1. The van der Waals surface area contributed by atoms with Crippen molar-refractivity contribution in [3.05, 3.63) is 20.8 Å². The maximum absolute atomic E-state index is 11.5. The van der Waals surface area contributed by atoms with Crippen LogP contribution in [0.15, 0.2) is 15.9 Å². The lowest BCUT2D eigenvalue weighted by Crippen LogP contribution is -2.38. The summed E-state index contributed by atoms with van der Waals surface area (Å²) >= 11 is 5.21. The summed E-state index contributed by atoms with van der Waals surface area (Å²) in [6, 6.07) is 2.15. The molecule has 5 heteroatoms. The minimum Gasteiger partial charge on any atom is -0.469 e. The molecule has 0 aliphatic carbocycles. The van der Waals surface area contributed by atoms with Gasteiger partial charge in [-0.2, -0.15) is 0 Å². The minimum absolute atomic E-state index is 0.0529. The van der Waals surface area contributed by atoms with Gasteiger partial charge in [-0.15, -0.1) is 11.3 Å². The van der Waals surface area contributed by atoms with Crippen molar-refractivity contribution in [3.63, 3.8) is 0 Å². The van der Waals surface area contributed by atoms with Gasteiger partial charge in [0, 0.05) is 27.8 Å². The van der Waals surface area contributed by atoms with Gasteiger partial charge in [0.05, 0.1) is 13.0 Å². The Morgan fingerprint density at radius 2 is 2.53 bits per heavy atom. The fourth-order valence-corrected chi connectivity index (χ4v) is 3.71. The van der Waals surface area contributed by atoms with Crippen molar-refractivity contribution in [2.45, 2.75) is 19.4 Å². The Balaban J connectivity index is 1.91. The number of ether oxygens (including phenoxy) is 1. The Bertz CT molecular complexity index is 394. The topological polar surface area (TPSA) is 29.5 Å². The van der Waals surface area contributed by atoms with Gasteiger partial charge in [-0.25, -0.2) is 0 Å². The van der Waals surface area contributed by atoms with E-state index in [1.54, 1.807) is 11.3 Å². The quantitative estimate of drug-likeness (QED) is 0.803. The van der Waals surface area contributed by atoms with Gasteiger partial charge in [0.2, 0.25) is 0 Å². The smallest absolute Gasteiger partial charge is 0.309 e. The third kappa shape index (κ3) is 3.53. The molecule has 3 nitrogen and oxygen atoms in total. The van der Waals surface area contributed by atoms with E-state index in [2.05, 4.69) is 32.3 Å². The molecule has 0 amide bonds. The molecular formula is C12H16BrNO2S. The van der Waals surface area contributed by atoms with Crippen molar-refractivity contribution in [1.82, 2.24) is 4.90 Å². The van der Waals surface area contributed by atoms with Crippen LogP contribution in [0.4, 0.5) is 0 Å². The number of nitrogens with zero attached hydrogens (tertiary/aromatic N) is 1. The van der Waals surface area contributed by atoms with Crippen LogP contribution in [-0.2, 0) is 16.1 Å². The van der Waals surface area contributed by atoms with E-state index in [1.807, 2.05) is 0 Å². The van der Waals surface area contributed by atoms with E-state index in [4.69, 9.17) is 4.74 Å². The molecule has 0 spiro atoms. The Morgan fingerprint density at radius 1 is 1.71 bits per heavy atom. The predicted molar refractivity (Wildman–Crippen MR) is 72.0 cm³/mol. The number of thiophene rings is 1. The number of likely N-dealkylation sites (tertiary alicyclic amines) is 1. The first-order valence-electron chi connectivity index (χ1n) is 5.72. The van der Waals surface area contributed by atoms with Gasteiger partial charge in [-0.1, -0.05) is 0 Å². The Hall–Kier alpha value is -0.390. The van der Waals surface area contributed by atoms with Gasteiger partial charge < -0.3 is 4.74 Å². The van der Waals surface area contributed by atoms with Gasteiger partial charge in [-0.3, -0.25) is 9.69 Å². The molecule has 1 atom stereocenters. The van der Waals surface area contributed by atoms with Gasteiger partial charge in [0.15, 0.2) is 0 Å². The number of carbonyl (C=O) groups is 1. The lowest BCUT2D eigenvalue weighted by Gasteiger charge is -2.30. The largest absolute Gasteiger partial charge is 0.469 e. The molecule has 0 aromatic carbocycles. The Kier molecular flexibility index (Phi) is 4.59. The monoisotopic (exact) mass is 317 g/mol. The van der Waals surface area contributed by atoms with E-state index in [1.165, 1.54) is 12.0 Å². The lowest BCUT2D eigenvalue weighted by atomic mass is 9.98. The number of esters is 1. The molecule has 94 valence electrons. The first-order valence-corrected chi connectivity index (χ1v) is 7.39. The van der Waals surface area contributed by atoms with Crippen LogP contribution in [0.1, 0.15) is 17.7 Å². The van der Waals surface area contributed by atoms with Crippen molar-refractivity contribution in [2.24, 2.45) is 5.92 Å². The van der Waals surface area contributed by atoms with Crippen molar-refractivity contribution in [1.29, 1.82) is 0 Å². The number of carbonyl (C=O) groups excluding carboxylic acids is 1. The second-order valence-corrected chi connectivity index (χ2v) is 6.24. The number of piperidine rings is 1. The summed E-state index contributed by atoms with van der Waals surface area (Å²) in [5.41, 5.74) is 0. The fourth-order valence-electron chi connectivity index (χ4n) is 2.22. The van der Waals surface area contributed by atoms with Crippen LogP contribution in [0.25, 0.3) is 0 Å². The van der Waals surface area contributed by atoms with Crippen LogP contribution in [-0.4, -0.2) is 31.1 Å². The van der Waals surface area contributed by atoms with Crippen LogP contribution < -0.4 is 0 Å². The highest BCUT2D eigenvalue weighted by Crippen LogP contribution is 2.24. The minimum atomic E-state index is -0.0675. The molecular weight excluding hydrogens is 302 g/mol. The summed E-state index contributed by atoms with van der Waals surface area (Å²) in [6.07, 6.45) is 2.03. The van der Waals surface area contributed by atoms with Gasteiger partial charge in [0.1, 0.15) is 0 Å². The second-order valence-electron chi connectivity index (χ2n) is 4.33.